The number of fused-ring (bicyclic) bond motifs is 1. The number of hydrogen-bond acceptors (Lipinski definition) is 4. The number of benzene rings is 2. The number of ketones is 1. The van der Waals surface area contributed by atoms with E-state index in [-0.39, 0.29) is 11.7 Å². The SMILES string of the molecule is CC(=O)N1c2ccccc2C(=O)[C@@H]1N1CCN(c2cc(C)ccc2C)CC1. The summed E-state index contributed by atoms with van der Waals surface area (Å²) in [6, 6.07) is 13.9. The molecule has 0 bridgehead atoms. The van der Waals surface area contributed by atoms with Gasteiger partial charge in [0, 0.05) is 44.4 Å². The maximum absolute atomic E-state index is 13.0. The summed E-state index contributed by atoms with van der Waals surface area (Å²) in [5, 5.41) is 0. The third kappa shape index (κ3) is 3.02. The van der Waals surface area contributed by atoms with Crippen LogP contribution in [0.1, 0.15) is 28.4 Å². The molecule has 0 N–H and O–H groups in total. The Labute approximate surface area is 160 Å². The van der Waals surface area contributed by atoms with Gasteiger partial charge in [0.05, 0.1) is 5.69 Å². The molecule has 0 spiro atoms. The smallest absolute Gasteiger partial charge is 0.225 e. The quantitative estimate of drug-likeness (QED) is 0.823. The van der Waals surface area contributed by atoms with E-state index in [0.29, 0.717) is 5.56 Å². The van der Waals surface area contributed by atoms with Crippen LogP contribution in [0, 0.1) is 13.8 Å². The first-order valence-electron chi connectivity index (χ1n) is 9.46. The Balaban J connectivity index is 1.55. The molecular weight excluding hydrogens is 338 g/mol. The fourth-order valence-electron chi connectivity index (χ4n) is 4.22. The number of nitrogens with zero attached hydrogens (tertiary/aromatic N) is 3. The fraction of sp³-hybridized carbons (Fsp3) is 0.364. The number of Topliss-reactive ketones (excluding diaryl/α,β-unsaturated/α-hetero) is 1. The lowest BCUT2D eigenvalue weighted by Crippen LogP contribution is -2.58. The molecular formula is C22H25N3O2. The average Bonchev–Trinajstić information content (AvgIpc) is 2.97. The minimum Gasteiger partial charge on any atom is -0.369 e. The second kappa shape index (κ2) is 6.82. The molecule has 0 saturated carbocycles. The van der Waals surface area contributed by atoms with E-state index < -0.39 is 6.17 Å². The van der Waals surface area contributed by atoms with Gasteiger partial charge < -0.3 is 4.90 Å². The van der Waals surface area contributed by atoms with Gasteiger partial charge in [-0.25, -0.2) is 0 Å². The van der Waals surface area contributed by atoms with Gasteiger partial charge in [-0.2, -0.15) is 0 Å². The molecule has 2 aliphatic rings. The first-order valence-corrected chi connectivity index (χ1v) is 9.46. The molecule has 2 aromatic rings. The number of rotatable bonds is 2. The molecule has 4 rings (SSSR count). The van der Waals surface area contributed by atoms with Crippen molar-refractivity contribution in [3.05, 3.63) is 59.2 Å². The predicted molar refractivity (Wildman–Crippen MR) is 107 cm³/mol. The van der Waals surface area contributed by atoms with Crippen molar-refractivity contribution in [3.63, 3.8) is 0 Å². The third-order valence-corrected chi connectivity index (χ3v) is 5.61. The van der Waals surface area contributed by atoms with Gasteiger partial charge in [-0.15, -0.1) is 0 Å². The van der Waals surface area contributed by atoms with Gasteiger partial charge in [-0.3, -0.25) is 19.4 Å². The lowest BCUT2D eigenvalue weighted by Gasteiger charge is -2.41. The lowest BCUT2D eigenvalue weighted by atomic mass is 10.1. The zero-order valence-corrected chi connectivity index (χ0v) is 16.1. The third-order valence-electron chi connectivity index (χ3n) is 5.61. The highest BCUT2D eigenvalue weighted by Crippen LogP contribution is 2.34. The van der Waals surface area contributed by atoms with E-state index in [9.17, 15) is 9.59 Å². The van der Waals surface area contributed by atoms with Gasteiger partial charge in [0.25, 0.3) is 0 Å². The highest BCUT2D eigenvalue weighted by atomic mass is 16.2. The second-order valence-corrected chi connectivity index (χ2v) is 7.46. The molecule has 2 heterocycles. The van der Waals surface area contributed by atoms with Crippen LogP contribution in [0.15, 0.2) is 42.5 Å². The van der Waals surface area contributed by atoms with E-state index in [1.165, 1.54) is 23.7 Å². The zero-order valence-electron chi connectivity index (χ0n) is 16.1. The Morgan fingerprint density at radius 2 is 1.67 bits per heavy atom. The van der Waals surface area contributed by atoms with Crippen molar-refractivity contribution in [3.8, 4) is 0 Å². The Morgan fingerprint density at radius 3 is 2.37 bits per heavy atom. The van der Waals surface area contributed by atoms with Crippen LogP contribution >= 0.6 is 0 Å². The predicted octanol–water partition coefficient (Wildman–Crippen LogP) is 3.00. The van der Waals surface area contributed by atoms with Crippen molar-refractivity contribution in [2.75, 3.05) is 36.0 Å². The molecule has 0 aromatic heterocycles. The summed E-state index contributed by atoms with van der Waals surface area (Å²) in [5.74, 6) is -0.0590. The molecule has 1 atom stereocenters. The van der Waals surface area contributed by atoms with Crippen LogP contribution in [-0.2, 0) is 4.79 Å². The monoisotopic (exact) mass is 363 g/mol. The zero-order chi connectivity index (χ0) is 19.1. The number of aryl methyl sites for hydroxylation is 2. The van der Waals surface area contributed by atoms with Gasteiger partial charge in [0.2, 0.25) is 11.7 Å². The molecule has 0 aliphatic carbocycles. The Kier molecular flexibility index (Phi) is 4.48. The van der Waals surface area contributed by atoms with Crippen molar-refractivity contribution < 1.29 is 9.59 Å². The molecule has 1 amide bonds. The lowest BCUT2D eigenvalue weighted by molar-refractivity contribution is -0.117. The first kappa shape index (κ1) is 17.7. The first-order chi connectivity index (χ1) is 13.0. The molecule has 27 heavy (non-hydrogen) atoms. The number of piperazine rings is 1. The van der Waals surface area contributed by atoms with Crippen LogP contribution in [0.3, 0.4) is 0 Å². The van der Waals surface area contributed by atoms with E-state index >= 15 is 0 Å². The molecule has 2 aliphatic heterocycles. The minimum absolute atomic E-state index is 0.0287. The van der Waals surface area contributed by atoms with Gasteiger partial charge in [0.15, 0.2) is 6.17 Å². The van der Waals surface area contributed by atoms with Crippen LogP contribution < -0.4 is 9.80 Å². The van der Waals surface area contributed by atoms with Crippen molar-refractivity contribution in [1.29, 1.82) is 0 Å². The molecule has 1 fully saturated rings. The summed E-state index contributed by atoms with van der Waals surface area (Å²) < 4.78 is 0. The largest absolute Gasteiger partial charge is 0.369 e. The highest BCUT2D eigenvalue weighted by Gasteiger charge is 2.43. The summed E-state index contributed by atoms with van der Waals surface area (Å²) >= 11 is 0. The molecule has 0 radical (unpaired) electrons. The van der Waals surface area contributed by atoms with E-state index in [2.05, 4.69) is 41.8 Å². The van der Waals surface area contributed by atoms with Crippen LogP contribution in [0.5, 0.6) is 0 Å². The van der Waals surface area contributed by atoms with Gasteiger partial charge >= 0.3 is 0 Å². The number of anilines is 2. The average molecular weight is 363 g/mol. The van der Waals surface area contributed by atoms with Crippen LogP contribution in [0.25, 0.3) is 0 Å². The topological polar surface area (TPSA) is 43.9 Å². The van der Waals surface area contributed by atoms with Crippen LogP contribution in [0.2, 0.25) is 0 Å². The maximum atomic E-state index is 13.0. The Morgan fingerprint density at radius 1 is 0.963 bits per heavy atom. The maximum Gasteiger partial charge on any atom is 0.225 e. The summed E-state index contributed by atoms with van der Waals surface area (Å²) in [7, 11) is 0. The molecule has 5 heteroatoms. The van der Waals surface area contributed by atoms with Crippen molar-refractivity contribution >= 4 is 23.1 Å². The number of hydrogen-bond donors (Lipinski definition) is 0. The van der Waals surface area contributed by atoms with Gasteiger partial charge in [-0.05, 0) is 43.2 Å². The second-order valence-electron chi connectivity index (χ2n) is 7.46. The van der Waals surface area contributed by atoms with E-state index in [4.69, 9.17) is 0 Å². The molecule has 2 aromatic carbocycles. The number of amides is 1. The van der Waals surface area contributed by atoms with Gasteiger partial charge in [-0.1, -0.05) is 24.3 Å². The summed E-state index contributed by atoms with van der Waals surface area (Å²) in [4.78, 5) is 31.5. The highest BCUT2D eigenvalue weighted by molar-refractivity contribution is 6.17. The van der Waals surface area contributed by atoms with E-state index in [0.717, 1.165) is 31.9 Å². The summed E-state index contributed by atoms with van der Waals surface area (Å²) in [6.07, 6.45) is -0.513. The molecule has 5 nitrogen and oxygen atoms in total. The van der Waals surface area contributed by atoms with E-state index in [1.54, 1.807) is 4.90 Å². The number of carbonyl (C=O) groups is 2. The number of para-hydroxylation sites is 1. The van der Waals surface area contributed by atoms with Crippen LogP contribution in [0.4, 0.5) is 11.4 Å². The van der Waals surface area contributed by atoms with Crippen molar-refractivity contribution in [2.45, 2.75) is 26.9 Å². The Hall–Kier alpha value is -2.66. The summed E-state index contributed by atoms with van der Waals surface area (Å²) in [5.41, 5.74) is 5.16. The van der Waals surface area contributed by atoms with E-state index in [1.807, 2.05) is 24.3 Å². The van der Waals surface area contributed by atoms with Crippen molar-refractivity contribution in [2.24, 2.45) is 0 Å². The van der Waals surface area contributed by atoms with Gasteiger partial charge in [0.1, 0.15) is 0 Å². The molecule has 1 saturated heterocycles. The number of carbonyl (C=O) groups excluding carboxylic acids is 2. The molecule has 140 valence electrons. The summed E-state index contributed by atoms with van der Waals surface area (Å²) in [6.45, 7) is 8.97. The standard InChI is InChI=1S/C22H25N3O2/c1-15-8-9-16(2)20(14-15)23-10-12-24(13-11-23)22-21(27)18-6-4-5-7-19(18)25(22)17(3)26/h4-9,14,22H,10-13H2,1-3H3/t22-/m1/s1. The minimum atomic E-state index is -0.513. The molecule has 0 unspecified atom stereocenters. The fourth-order valence-corrected chi connectivity index (χ4v) is 4.22. The van der Waals surface area contributed by atoms with Crippen LogP contribution in [-0.4, -0.2) is 48.9 Å². The normalized spacial score (nSPS) is 20.1. The van der Waals surface area contributed by atoms with Crippen molar-refractivity contribution in [1.82, 2.24) is 4.90 Å². The Bertz CT molecular complexity index is 900.